The highest BCUT2D eigenvalue weighted by atomic mass is 32.1. The van der Waals surface area contributed by atoms with Gasteiger partial charge in [0.25, 0.3) is 0 Å². The molecule has 0 aromatic heterocycles. The summed E-state index contributed by atoms with van der Waals surface area (Å²) in [6, 6.07) is -0.874. The predicted molar refractivity (Wildman–Crippen MR) is 49.5 cm³/mol. The zero-order chi connectivity index (χ0) is 8.15. The lowest BCUT2D eigenvalue weighted by Crippen LogP contribution is -2.40. The Morgan fingerprint density at radius 2 is 2.09 bits per heavy atom. The third-order valence-corrected chi connectivity index (χ3v) is 1.22. The standard InChI is InChI=1S/C5H9NO3S.H2S/c1-3(7)6-4(2-10)5(8)9;/h4,10H,2H2,1H3,(H,6,7)(H,8,9);1H2/t4-;/m0./s1. The Balaban J connectivity index is 0. The maximum absolute atomic E-state index is 10.3. The summed E-state index contributed by atoms with van der Waals surface area (Å²) in [6.07, 6.45) is 0. The SMILES string of the molecule is CC(=O)N[C@@H](CS)C(=O)O.S. The molecule has 0 saturated heterocycles. The molecule has 0 aromatic carbocycles. The van der Waals surface area contributed by atoms with Gasteiger partial charge < -0.3 is 10.4 Å². The Labute approximate surface area is 77.2 Å². The Morgan fingerprint density at radius 1 is 1.64 bits per heavy atom. The summed E-state index contributed by atoms with van der Waals surface area (Å²) in [5, 5.41) is 10.6. The molecule has 11 heavy (non-hydrogen) atoms. The lowest BCUT2D eigenvalue weighted by atomic mass is 10.3. The zero-order valence-corrected chi connectivity index (χ0v) is 7.89. The third-order valence-electron chi connectivity index (χ3n) is 0.858. The number of carbonyl (C=O) groups is 2. The van der Waals surface area contributed by atoms with Crippen LogP contribution in [0.4, 0.5) is 0 Å². The van der Waals surface area contributed by atoms with Gasteiger partial charge in [0.15, 0.2) is 0 Å². The van der Waals surface area contributed by atoms with Crippen LogP contribution in [0.5, 0.6) is 0 Å². The number of rotatable bonds is 3. The molecule has 1 amide bonds. The molecule has 0 rings (SSSR count). The fraction of sp³-hybridized carbons (Fsp3) is 0.600. The number of hydrogen-bond acceptors (Lipinski definition) is 3. The minimum absolute atomic E-state index is 0. The highest BCUT2D eigenvalue weighted by Gasteiger charge is 2.14. The second kappa shape index (κ2) is 6.36. The monoisotopic (exact) mass is 197 g/mol. The Hall–Kier alpha value is -0.360. The van der Waals surface area contributed by atoms with Gasteiger partial charge in [-0.2, -0.15) is 26.1 Å². The zero-order valence-electron chi connectivity index (χ0n) is 6.00. The topological polar surface area (TPSA) is 66.4 Å². The molecule has 0 aromatic rings. The van der Waals surface area contributed by atoms with Gasteiger partial charge in [-0.25, -0.2) is 4.79 Å². The van der Waals surface area contributed by atoms with Crippen LogP contribution >= 0.6 is 26.1 Å². The first kappa shape index (κ1) is 13.2. The molecule has 0 fully saturated rings. The molecule has 2 N–H and O–H groups in total. The number of carbonyl (C=O) groups excluding carboxylic acids is 1. The van der Waals surface area contributed by atoms with E-state index in [-0.39, 0.29) is 25.2 Å². The maximum Gasteiger partial charge on any atom is 0.327 e. The van der Waals surface area contributed by atoms with E-state index in [9.17, 15) is 9.59 Å². The summed E-state index contributed by atoms with van der Waals surface area (Å²) in [4.78, 5) is 20.5. The van der Waals surface area contributed by atoms with Gasteiger partial charge in [0.1, 0.15) is 6.04 Å². The molecule has 0 bridgehead atoms. The van der Waals surface area contributed by atoms with Crippen LogP contribution < -0.4 is 5.32 Å². The summed E-state index contributed by atoms with van der Waals surface area (Å²) in [7, 11) is 0. The summed E-state index contributed by atoms with van der Waals surface area (Å²) in [5.74, 6) is -1.32. The molecule has 0 aliphatic heterocycles. The second-order valence-corrected chi connectivity index (χ2v) is 2.14. The van der Waals surface area contributed by atoms with Crippen LogP contribution in [0.3, 0.4) is 0 Å². The van der Waals surface area contributed by atoms with E-state index in [1.54, 1.807) is 0 Å². The number of aliphatic carboxylic acids is 1. The van der Waals surface area contributed by atoms with Gasteiger partial charge in [0.2, 0.25) is 5.91 Å². The van der Waals surface area contributed by atoms with Gasteiger partial charge in [0.05, 0.1) is 0 Å². The predicted octanol–water partition coefficient (Wildman–Crippen LogP) is -0.382. The summed E-state index contributed by atoms with van der Waals surface area (Å²) in [6.45, 7) is 1.26. The van der Waals surface area contributed by atoms with E-state index >= 15 is 0 Å². The van der Waals surface area contributed by atoms with Crippen LogP contribution in [-0.4, -0.2) is 28.8 Å². The van der Waals surface area contributed by atoms with Crippen molar-refractivity contribution in [2.45, 2.75) is 13.0 Å². The number of carboxylic acid groups (broad SMARTS) is 1. The molecule has 66 valence electrons. The minimum Gasteiger partial charge on any atom is -0.480 e. The van der Waals surface area contributed by atoms with Crippen molar-refractivity contribution in [1.82, 2.24) is 5.32 Å². The van der Waals surface area contributed by atoms with E-state index in [0.717, 1.165) is 0 Å². The highest BCUT2D eigenvalue weighted by Crippen LogP contribution is 1.86. The molecule has 6 heteroatoms. The van der Waals surface area contributed by atoms with Crippen molar-refractivity contribution in [2.75, 3.05) is 5.75 Å². The van der Waals surface area contributed by atoms with Gasteiger partial charge >= 0.3 is 5.97 Å². The number of amides is 1. The van der Waals surface area contributed by atoms with Crippen LogP contribution in [0.15, 0.2) is 0 Å². The molecular formula is C5H11NO3S2. The van der Waals surface area contributed by atoms with Gasteiger partial charge in [-0.05, 0) is 0 Å². The molecule has 0 aliphatic rings. The largest absolute Gasteiger partial charge is 0.480 e. The summed E-state index contributed by atoms with van der Waals surface area (Å²) in [5.41, 5.74) is 0. The molecule has 0 saturated carbocycles. The molecular weight excluding hydrogens is 186 g/mol. The van der Waals surface area contributed by atoms with Gasteiger partial charge in [-0.1, -0.05) is 0 Å². The Bertz CT molecular complexity index is 151. The molecule has 0 heterocycles. The quantitative estimate of drug-likeness (QED) is 0.540. The molecule has 0 aliphatic carbocycles. The highest BCUT2D eigenvalue weighted by molar-refractivity contribution is 7.80. The van der Waals surface area contributed by atoms with E-state index in [1.807, 2.05) is 0 Å². The van der Waals surface area contributed by atoms with E-state index in [4.69, 9.17) is 5.11 Å². The average Bonchev–Trinajstić information content (AvgIpc) is 1.81. The fourth-order valence-electron chi connectivity index (χ4n) is 0.431. The van der Waals surface area contributed by atoms with E-state index in [1.165, 1.54) is 6.92 Å². The number of nitrogens with one attached hydrogen (secondary N) is 1. The molecule has 0 radical (unpaired) electrons. The van der Waals surface area contributed by atoms with Crippen molar-refractivity contribution in [3.63, 3.8) is 0 Å². The first-order valence-corrected chi connectivity index (χ1v) is 3.32. The lowest BCUT2D eigenvalue weighted by Gasteiger charge is -2.08. The van der Waals surface area contributed by atoms with Crippen molar-refractivity contribution in [3.8, 4) is 0 Å². The van der Waals surface area contributed by atoms with Crippen molar-refractivity contribution >= 4 is 38.0 Å². The van der Waals surface area contributed by atoms with E-state index in [2.05, 4.69) is 17.9 Å². The number of thiol groups is 1. The molecule has 4 nitrogen and oxygen atoms in total. The molecule has 1 atom stereocenters. The first-order valence-electron chi connectivity index (χ1n) is 2.68. The van der Waals surface area contributed by atoms with E-state index < -0.39 is 12.0 Å². The van der Waals surface area contributed by atoms with Gasteiger partial charge in [-0.3, -0.25) is 4.79 Å². The van der Waals surface area contributed by atoms with Crippen LogP contribution in [-0.2, 0) is 9.59 Å². The van der Waals surface area contributed by atoms with Crippen molar-refractivity contribution in [2.24, 2.45) is 0 Å². The van der Waals surface area contributed by atoms with Crippen molar-refractivity contribution in [1.29, 1.82) is 0 Å². The Morgan fingerprint density at radius 3 is 2.18 bits per heavy atom. The average molecular weight is 197 g/mol. The van der Waals surface area contributed by atoms with Gasteiger partial charge in [0, 0.05) is 12.7 Å². The first-order chi connectivity index (χ1) is 4.57. The molecule has 0 spiro atoms. The van der Waals surface area contributed by atoms with Gasteiger partial charge in [-0.15, -0.1) is 0 Å². The number of hydrogen-bond donors (Lipinski definition) is 3. The van der Waals surface area contributed by atoms with Crippen LogP contribution in [0.1, 0.15) is 6.92 Å². The maximum atomic E-state index is 10.3. The van der Waals surface area contributed by atoms with E-state index in [0.29, 0.717) is 0 Å². The third kappa shape index (κ3) is 6.05. The number of carboxylic acids is 1. The van der Waals surface area contributed by atoms with Crippen LogP contribution in [0.25, 0.3) is 0 Å². The Kier molecular flexibility index (Phi) is 7.65. The van der Waals surface area contributed by atoms with Crippen LogP contribution in [0.2, 0.25) is 0 Å². The normalized spacial score (nSPS) is 11.1. The minimum atomic E-state index is -1.06. The fourth-order valence-corrected chi connectivity index (χ4v) is 0.678. The summed E-state index contributed by atoms with van der Waals surface area (Å²) >= 11 is 3.73. The van der Waals surface area contributed by atoms with Crippen molar-refractivity contribution < 1.29 is 14.7 Å². The molecule has 0 unspecified atom stereocenters. The second-order valence-electron chi connectivity index (χ2n) is 1.77. The smallest absolute Gasteiger partial charge is 0.327 e. The van der Waals surface area contributed by atoms with Crippen LogP contribution in [0, 0.1) is 0 Å². The lowest BCUT2D eigenvalue weighted by molar-refractivity contribution is -0.140. The van der Waals surface area contributed by atoms with Crippen molar-refractivity contribution in [3.05, 3.63) is 0 Å². The summed E-state index contributed by atoms with van der Waals surface area (Å²) < 4.78 is 0.